The lowest BCUT2D eigenvalue weighted by atomic mass is 10.2. The maximum absolute atomic E-state index is 12.6. The minimum Gasteiger partial charge on any atom is -0.469 e. The van der Waals surface area contributed by atoms with Crippen molar-refractivity contribution in [2.24, 2.45) is 0 Å². The van der Waals surface area contributed by atoms with E-state index < -0.39 is 47.5 Å². The van der Waals surface area contributed by atoms with Crippen LogP contribution in [-0.4, -0.2) is 24.4 Å². The van der Waals surface area contributed by atoms with Crippen LogP contribution in [0, 0.1) is 0 Å². The summed E-state index contributed by atoms with van der Waals surface area (Å²) in [6.45, 7) is 0. The molecule has 1 aromatic heterocycles. The van der Waals surface area contributed by atoms with Gasteiger partial charge >= 0.3 is 18.5 Å². The summed E-state index contributed by atoms with van der Waals surface area (Å²) < 4.78 is 81.4. The van der Waals surface area contributed by atoms with Crippen molar-refractivity contribution >= 4 is 5.97 Å². The van der Waals surface area contributed by atoms with Crippen molar-refractivity contribution in [3.63, 3.8) is 0 Å². The Bertz CT molecular complexity index is 589. The number of H-pyrrole nitrogens is 1. The molecule has 0 bridgehead atoms. The van der Waals surface area contributed by atoms with Crippen molar-refractivity contribution in [2.75, 3.05) is 7.11 Å². The molecule has 0 aliphatic rings. The van der Waals surface area contributed by atoms with Crippen LogP contribution < -0.4 is 10.2 Å². The Balaban J connectivity index is 3.39. The first kappa shape index (κ1) is 16.9. The number of methoxy groups -OCH3 is 1. The van der Waals surface area contributed by atoms with Gasteiger partial charge in [0.2, 0.25) is 5.88 Å². The topological polar surface area (TPSA) is 68.4 Å². The van der Waals surface area contributed by atoms with E-state index >= 15 is 0 Å². The zero-order valence-electron chi connectivity index (χ0n) is 10.2. The van der Waals surface area contributed by atoms with Gasteiger partial charge in [-0.3, -0.25) is 9.59 Å². The third-order valence-corrected chi connectivity index (χ3v) is 2.12. The number of rotatable bonds is 3. The first-order chi connectivity index (χ1) is 9.44. The molecule has 1 aromatic rings. The molecule has 118 valence electrons. The largest absolute Gasteiger partial charge is 0.574 e. The van der Waals surface area contributed by atoms with Gasteiger partial charge in [0.05, 0.1) is 13.5 Å². The molecular formula is C10H7F6NO4. The van der Waals surface area contributed by atoms with Crippen LogP contribution in [0.1, 0.15) is 11.3 Å². The van der Waals surface area contributed by atoms with Crippen LogP contribution in [0.5, 0.6) is 5.88 Å². The molecule has 0 saturated carbocycles. The molecule has 0 radical (unpaired) electrons. The summed E-state index contributed by atoms with van der Waals surface area (Å²) >= 11 is 0. The second-order valence-corrected chi connectivity index (χ2v) is 3.66. The molecule has 0 aliphatic heterocycles. The van der Waals surface area contributed by atoms with Gasteiger partial charge in [-0.2, -0.15) is 13.2 Å². The molecule has 5 nitrogen and oxygen atoms in total. The van der Waals surface area contributed by atoms with Crippen LogP contribution in [-0.2, 0) is 22.1 Å². The molecule has 0 amide bonds. The van der Waals surface area contributed by atoms with E-state index in [0.29, 0.717) is 6.07 Å². The van der Waals surface area contributed by atoms with Crippen molar-refractivity contribution < 1.29 is 40.6 Å². The Labute approximate surface area is 112 Å². The minimum absolute atomic E-state index is 0.350. The standard InChI is InChI=1S/C10H7F6NO4/c1-20-6(19)3-4-2-5(18)7(9(11,12)13)8(17-4)21-10(14,15)16/h2H,3H2,1H3,(H,17,18). The number of aromatic nitrogens is 1. The molecule has 0 unspecified atom stereocenters. The van der Waals surface area contributed by atoms with Gasteiger partial charge in [-0.25, -0.2) is 0 Å². The first-order valence-electron chi connectivity index (χ1n) is 5.10. The Hall–Kier alpha value is -2.20. The number of hydrogen-bond donors (Lipinski definition) is 1. The highest BCUT2D eigenvalue weighted by atomic mass is 19.4. The average Bonchev–Trinajstić information content (AvgIpc) is 2.23. The van der Waals surface area contributed by atoms with Crippen molar-refractivity contribution in [2.45, 2.75) is 19.0 Å². The van der Waals surface area contributed by atoms with Crippen LogP contribution in [0.3, 0.4) is 0 Å². The van der Waals surface area contributed by atoms with Gasteiger partial charge in [-0.05, 0) is 0 Å². The monoisotopic (exact) mass is 319 g/mol. The van der Waals surface area contributed by atoms with Crippen LogP contribution in [0.25, 0.3) is 0 Å². The predicted octanol–water partition coefficient (Wildman–Crippen LogP) is 2.01. The Morgan fingerprint density at radius 3 is 2.24 bits per heavy atom. The highest BCUT2D eigenvalue weighted by Crippen LogP contribution is 2.34. The Morgan fingerprint density at radius 1 is 1.24 bits per heavy atom. The fourth-order valence-electron chi connectivity index (χ4n) is 1.37. The Morgan fingerprint density at radius 2 is 1.81 bits per heavy atom. The van der Waals surface area contributed by atoms with Crippen molar-refractivity contribution in [1.29, 1.82) is 0 Å². The van der Waals surface area contributed by atoms with Crippen LogP contribution in [0.2, 0.25) is 0 Å². The molecule has 1 rings (SSSR count). The molecule has 0 aliphatic carbocycles. The molecule has 0 atom stereocenters. The van der Waals surface area contributed by atoms with Gasteiger partial charge in [0, 0.05) is 11.8 Å². The number of aromatic amines is 1. The van der Waals surface area contributed by atoms with Gasteiger partial charge < -0.3 is 14.5 Å². The molecule has 21 heavy (non-hydrogen) atoms. The van der Waals surface area contributed by atoms with Crippen LogP contribution in [0.4, 0.5) is 26.3 Å². The molecule has 1 heterocycles. The minimum atomic E-state index is -5.45. The average molecular weight is 319 g/mol. The second-order valence-electron chi connectivity index (χ2n) is 3.66. The van der Waals surface area contributed by atoms with Gasteiger partial charge in [0.1, 0.15) is 0 Å². The van der Waals surface area contributed by atoms with Gasteiger partial charge in [-0.15, -0.1) is 13.2 Å². The smallest absolute Gasteiger partial charge is 0.469 e. The molecule has 1 N–H and O–H groups in total. The number of halogens is 6. The SMILES string of the molecule is COC(=O)Cc1cc(=O)c(C(F)(F)F)c(OC(F)(F)F)[nH]1. The van der Waals surface area contributed by atoms with Gasteiger partial charge in [-0.1, -0.05) is 0 Å². The maximum Gasteiger partial charge on any atom is 0.574 e. The number of ether oxygens (including phenoxy) is 2. The number of esters is 1. The molecule has 0 fully saturated rings. The summed E-state index contributed by atoms with van der Waals surface area (Å²) in [5.41, 5.74) is -4.42. The first-order valence-corrected chi connectivity index (χ1v) is 5.10. The molecule has 0 saturated heterocycles. The summed E-state index contributed by atoms with van der Waals surface area (Å²) in [6, 6.07) is 0.350. The molecule has 0 aromatic carbocycles. The summed E-state index contributed by atoms with van der Waals surface area (Å²) in [6.07, 6.45) is -11.5. The van der Waals surface area contributed by atoms with E-state index in [9.17, 15) is 35.9 Å². The lowest BCUT2D eigenvalue weighted by molar-refractivity contribution is -0.278. The summed E-state index contributed by atoms with van der Waals surface area (Å²) in [5, 5.41) is 0. The summed E-state index contributed by atoms with van der Waals surface area (Å²) in [4.78, 5) is 23.9. The number of alkyl halides is 6. The van der Waals surface area contributed by atoms with E-state index in [1.54, 1.807) is 4.98 Å². The Kier molecular flexibility index (Phi) is 4.54. The molecular weight excluding hydrogens is 312 g/mol. The number of carbonyl (C=O) groups excluding carboxylic acids is 1. The maximum atomic E-state index is 12.6. The summed E-state index contributed by atoms with van der Waals surface area (Å²) in [5.74, 6) is -2.80. The van der Waals surface area contributed by atoms with Crippen molar-refractivity contribution in [1.82, 2.24) is 4.98 Å². The summed E-state index contributed by atoms with van der Waals surface area (Å²) in [7, 11) is 0.956. The zero-order chi connectivity index (χ0) is 16.4. The number of hydrogen-bond acceptors (Lipinski definition) is 4. The van der Waals surface area contributed by atoms with E-state index in [0.717, 1.165) is 7.11 Å². The molecule has 11 heteroatoms. The zero-order valence-corrected chi connectivity index (χ0v) is 10.2. The van der Waals surface area contributed by atoms with E-state index in [-0.39, 0.29) is 0 Å². The van der Waals surface area contributed by atoms with E-state index in [1.165, 1.54) is 0 Å². The third kappa shape index (κ3) is 4.68. The fraction of sp³-hybridized carbons (Fsp3) is 0.400. The van der Waals surface area contributed by atoms with E-state index in [4.69, 9.17) is 0 Å². The lowest BCUT2D eigenvalue weighted by Crippen LogP contribution is -2.27. The van der Waals surface area contributed by atoms with Crippen LogP contribution >= 0.6 is 0 Å². The normalized spacial score (nSPS) is 12.1. The van der Waals surface area contributed by atoms with Crippen molar-refractivity contribution in [3.05, 3.63) is 27.5 Å². The predicted molar refractivity (Wildman–Crippen MR) is 54.5 cm³/mol. The van der Waals surface area contributed by atoms with Gasteiger partial charge in [0.15, 0.2) is 11.0 Å². The van der Waals surface area contributed by atoms with Crippen molar-refractivity contribution in [3.8, 4) is 5.88 Å². The quantitative estimate of drug-likeness (QED) is 0.683. The third-order valence-electron chi connectivity index (χ3n) is 2.12. The second kappa shape index (κ2) is 5.66. The number of carbonyl (C=O) groups is 1. The number of nitrogens with one attached hydrogen (secondary N) is 1. The lowest BCUT2D eigenvalue weighted by Gasteiger charge is -2.15. The highest BCUT2D eigenvalue weighted by Gasteiger charge is 2.42. The van der Waals surface area contributed by atoms with E-state index in [2.05, 4.69) is 9.47 Å². The van der Waals surface area contributed by atoms with E-state index in [1.807, 2.05) is 0 Å². The number of pyridine rings is 1. The molecule has 0 spiro atoms. The highest BCUT2D eigenvalue weighted by molar-refractivity contribution is 5.71. The van der Waals surface area contributed by atoms with Crippen LogP contribution in [0.15, 0.2) is 10.9 Å². The van der Waals surface area contributed by atoms with Gasteiger partial charge in [0.25, 0.3) is 0 Å². The fourth-order valence-corrected chi connectivity index (χ4v) is 1.37.